The monoisotopic (exact) mass is 533 g/mol. The lowest BCUT2D eigenvalue weighted by Crippen LogP contribution is -2.31. The van der Waals surface area contributed by atoms with Crippen LogP contribution in [0.3, 0.4) is 0 Å². The number of carbonyl (C=O) groups excluding carboxylic acids is 1. The first-order valence-electron chi connectivity index (χ1n) is 11.4. The minimum Gasteiger partial charge on any atom is -0.352 e. The number of rotatable bonds is 7. The maximum Gasteiger partial charge on any atom is 0.416 e. The fourth-order valence-electron chi connectivity index (χ4n) is 4.15. The summed E-state index contributed by atoms with van der Waals surface area (Å²) in [4.78, 5) is 25.6. The highest BCUT2D eigenvalue weighted by molar-refractivity contribution is 6.34. The number of hydrogen-bond donors (Lipinski definition) is 1. The Labute approximate surface area is 212 Å². The summed E-state index contributed by atoms with van der Waals surface area (Å²) in [6.07, 6.45) is -1.42. The van der Waals surface area contributed by atoms with Crippen molar-refractivity contribution in [3.05, 3.63) is 87.2 Å². The van der Waals surface area contributed by atoms with Gasteiger partial charge in [0.1, 0.15) is 11.0 Å². The number of fused-ring (bicyclic) bond motifs is 1. The van der Waals surface area contributed by atoms with Gasteiger partial charge in [-0.2, -0.15) is 23.4 Å². The first-order chi connectivity index (χ1) is 17.5. The lowest BCUT2D eigenvalue weighted by Gasteiger charge is -2.15. The van der Waals surface area contributed by atoms with Crippen LogP contribution in [0.2, 0.25) is 5.15 Å². The van der Waals surface area contributed by atoms with Crippen molar-refractivity contribution in [3.8, 4) is 5.69 Å². The number of nitrogens with zero attached hydrogens (tertiary/aromatic N) is 4. The average Bonchev–Trinajstić information content (AvgIpc) is 3.53. The molecule has 1 fully saturated rings. The normalized spacial score (nSPS) is 14.6. The molecule has 192 valence electrons. The van der Waals surface area contributed by atoms with Crippen LogP contribution >= 0.6 is 11.6 Å². The van der Waals surface area contributed by atoms with E-state index in [1.54, 1.807) is 12.1 Å². The lowest BCUT2D eigenvalue weighted by molar-refractivity contribution is -0.137. The number of alkyl halides is 3. The molecular formula is C25H20ClF4N5O2. The summed E-state index contributed by atoms with van der Waals surface area (Å²) in [6, 6.07) is 10.1. The first kappa shape index (κ1) is 24.9. The number of amides is 1. The first-order valence-corrected chi connectivity index (χ1v) is 11.8. The molecule has 0 bridgehead atoms. The summed E-state index contributed by atoms with van der Waals surface area (Å²) in [6.45, 7) is 0.468. The molecule has 0 aliphatic heterocycles. The summed E-state index contributed by atoms with van der Waals surface area (Å²) in [5, 5.41) is 11.6. The Balaban J connectivity index is 1.32. The van der Waals surface area contributed by atoms with Gasteiger partial charge in [-0.15, -0.1) is 0 Å². The zero-order valence-electron chi connectivity index (χ0n) is 19.2. The third-order valence-corrected chi connectivity index (χ3v) is 6.81. The molecule has 0 saturated heterocycles. The van der Waals surface area contributed by atoms with E-state index in [2.05, 4.69) is 15.5 Å². The minimum atomic E-state index is -4.48. The zero-order chi connectivity index (χ0) is 26.4. The van der Waals surface area contributed by atoms with Crippen LogP contribution in [0.4, 0.5) is 17.6 Å². The van der Waals surface area contributed by atoms with E-state index in [-0.39, 0.29) is 53.0 Å². The SMILES string of the molecule is O=C(CC1(Cn2ncc3c(Cl)n(-c4ccc(C(F)(F)F)cc4)nc3c2=O)CC1)NCc1ccc(F)cc1. The second-order valence-corrected chi connectivity index (χ2v) is 9.55. The minimum absolute atomic E-state index is 0.0245. The van der Waals surface area contributed by atoms with E-state index >= 15 is 0 Å². The van der Waals surface area contributed by atoms with Gasteiger partial charge in [0.15, 0.2) is 5.52 Å². The van der Waals surface area contributed by atoms with Crippen LogP contribution in [0.5, 0.6) is 0 Å². The molecular weight excluding hydrogens is 514 g/mol. The highest BCUT2D eigenvalue weighted by Gasteiger charge is 2.45. The molecule has 1 aliphatic carbocycles. The second kappa shape index (κ2) is 9.29. The molecule has 1 amide bonds. The Morgan fingerprint density at radius 3 is 2.38 bits per heavy atom. The van der Waals surface area contributed by atoms with Gasteiger partial charge in [-0.05, 0) is 60.2 Å². The van der Waals surface area contributed by atoms with Gasteiger partial charge in [0.25, 0.3) is 5.56 Å². The molecule has 0 unspecified atom stereocenters. The fraction of sp³-hybridized carbons (Fsp3) is 0.280. The van der Waals surface area contributed by atoms with E-state index in [4.69, 9.17) is 11.6 Å². The molecule has 2 aromatic heterocycles. The van der Waals surface area contributed by atoms with E-state index in [1.165, 1.54) is 39.8 Å². The molecule has 1 N–H and O–H groups in total. The third kappa shape index (κ3) is 5.22. The molecule has 12 heteroatoms. The Bertz CT molecular complexity index is 1520. The van der Waals surface area contributed by atoms with E-state index in [0.717, 1.165) is 30.5 Å². The smallest absolute Gasteiger partial charge is 0.352 e. The van der Waals surface area contributed by atoms with Gasteiger partial charge in [-0.3, -0.25) is 9.59 Å². The van der Waals surface area contributed by atoms with Gasteiger partial charge in [0, 0.05) is 13.0 Å². The molecule has 5 rings (SSSR count). The second-order valence-electron chi connectivity index (χ2n) is 9.20. The molecule has 2 aromatic carbocycles. The predicted molar refractivity (Wildman–Crippen MR) is 128 cm³/mol. The van der Waals surface area contributed by atoms with Gasteiger partial charge in [-0.1, -0.05) is 23.7 Å². The zero-order valence-corrected chi connectivity index (χ0v) is 20.0. The van der Waals surface area contributed by atoms with Crippen molar-refractivity contribution >= 4 is 28.4 Å². The number of halogens is 5. The maximum atomic E-state index is 13.1. The molecule has 7 nitrogen and oxygen atoms in total. The molecule has 1 aliphatic rings. The molecule has 4 aromatic rings. The number of nitrogens with one attached hydrogen (secondary N) is 1. The van der Waals surface area contributed by atoms with Gasteiger partial charge in [-0.25, -0.2) is 13.8 Å². The van der Waals surface area contributed by atoms with Crippen molar-refractivity contribution in [1.82, 2.24) is 24.9 Å². The Kier molecular flexibility index (Phi) is 6.26. The summed E-state index contributed by atoms with van der Waals surface area (Å²) >= 11 is 6.37. The largest absolute Gasteiger partial charge is 0.416 e. The van der Waals surface area contributed by atoms with Crippen molar-refractivity contribution in [1.29, 1.82) is 0 Å². The molecule has 1 saturated carbocycles. The maximum absolute atomic E-state index is 13.1. The average molecular weight is 534 g/mol. The highest BCUT2D eigenvalue weighted by atomic mass is 35.5. The van der Waals surface area contributed by atoms with Crippen molar-refractivity contribution in [3.63, 3.8) is 0 Å². The van der Waals surface area contributed by atoms with E-state index in [0.29, 0.717) is 0 Å². The molecule has 2 heterocycles. The Morgan fingerprint density at radius 2 is 1.76 bits per heavy atom. The number of benzene rings is 2. The third-order valence-electron chi connectivity index (χ3n) is 6.45. The molecule has 37 heavy (non-hydrogen) atoms. The van der Waals surface area contributed by atoms with Crippen molar-refractivity contribution in [2.75, 3.05) is 0 Å². The van der Waals surface area contributed by atoms with E-state index in [9.17, 15) is 27.2 Å². The standard InChI is InChI=1S/C25H20ClF4N5O2/c26-22-19-13-32-34(14-24(9-10-24)11-20(36)31-12-15-1-5-17(27)6-2-15)23(37)21(19)33-35(22)18-7-3-16(4-8-18)25(28,29)30/h1-8,13H,9-12,14H2,(H,31,36). The van der Waals surface area contributed by atoms with Crippen molar-refractivity contribution in [2.24, 2.45) is 5.41 Å². The van der Waals surface area contributed by atoms with Crippen LogP contribution in [0.25, 0.3) is 16.6 Å². The summed E-state index contributed by atoms with van der Waals surface area (Å²) in [5.41, 5.74) is -0.693. The summed E-state index contributed by atoms with van der Waals surface area (Å²) in [7, 11) is 0. The topological polar surface area (TPSA) is 81.8 Å². The predicted octanol–water partition coefficient (Wildman–Crippen LogP) is 4.88. The summed E-state index contributed by atoms with van der Waals surface area (Å²) < 4.78 is 54.1. The van der Waals surface area contributed by atoms with Gasteiger partial charge in [0.05, 0.1) is 29.4 Å². The van der Waals surface area contributed by atoms with Crippen molar-refractivity contribution in [2.45, 2.75) is 38.5 Å². The van der Waals surface area contributed by atoms with Gasteiger partial charge >= 0.3 is 6.18 Å². The van der Waals surface area contributed by atoms with Crippen LogP contribution in [-0.4, -0.2) is 25.5 Å². The highest BCUT2D eigenvalue weighted by Crippen LogP contribution is 2.50. The van der Waals surface area contributed by atoms with Crippen LogP contribution in [0.15, 0.2) is 59.5 Å². The van der Waals surface area contributed by atoms with Crippen LogP contribution in [0, 0.1) is 11.2 Å². The van der Waals surface area contributed by atoms with Crippen LogP contribution in [0.1, 0.15) is 30.4 Å². The van der Waals surface area contributed by atoms with E-state index in [1.807, 2.05) is 0 Å². The Morgan fingerprint density at radius 1 is 1.08 bits per heavy atom. The number of hydrogen-bond acceptors (Lipinski definition) is 4. The number of aromatic nitrogens is 4. The molecule has 0 spiro atoms. The molecule has 0 radical (unpaired) electrons. The Hall–Kier alpha value is -3.73. The van der Waals surface area contributed by atoms with Gasteiger partial charge < -0.3 is 5.32 Å². The van der Waals surface area contributed by atoms with Crippen LogP contribution in [-0.2, 0) is 24.1 Å². The number of carbonyl (C=O) groups is 1. The fourth-order valence-corrected chi connectivity index (χ4v) is 4.42. The quantitative estimate of drug-likeness (QED) is 0.343. The van der Waals surface area contributed by atoms with E-state index < -0.39 is 22.7 Å². The van der Waals surface area contributed by atoms with Gasteiger partial charge in [0.2, 0.25) is 5.91 Å². The van der Waals surface area contributed by atoms with Crippen LogP contribution < -0.4 is 10.9 Å². The lowest BCUT2D eigenvalue weighted by atomic mass is 10.0. The van der Waals surface area contributed by atoms with Crippen molar-refractivity contribution < 1.29 is 22.4 Å². The molecule has 0 atom stereocenters. The summed E-state index contributed by atoms with van der Waals surface area (Å²) in [5.74, 6) is -0.544.